The molecule has 1 N–H and O–H groups in total. The fourth-order valence-electron chi connectivity index (χ4n) is 2.03. The molecule has 1 aliphatic rings. The van der Waals surface area contributed by atoms with Crippen molar-refractivity contribution in [3.8, 4) is 6.07 Å². The Morgan fingerprint density at radius 1 is 1.10 bits per heavy atom. The Morgan fingerprint density at radius 2 is 1.76 bits per heavy atom. The van der Waals surface area contributed by atoms with E-state index in [0.29, 0.717) is 12.8 Å². The molecule has 0 aliphatic heterocycles. The minimum absolute atomic E-state index is 0.189. The fraction of sp³-hybridized carbons (Fsp3) is 0.176. The molecule has 2 aromatic carbocycles. The summed E-state index contributed by atoms with van der Waals surface area (Å²) in [6.45, 7) is 0. The first-order chi connectivity index (χ1) is 10.2. The highest BCUT2D eigenvalue weighted by Gasteiger charge is 2.50. The van der Waals surface area contributed by atoms with Gasteiger partial charge in [0.05, 0.1) is 11.8 Å². The van der Waals surface area contributed by atoms with Gasteiger partial charge in [0.2, 0.25) is 5.91 Å². The molecule has 0 aromatic heterocycles. The van der Waals surface area contributed by atoms with Crippen LogP contribution >= 0.6 is 11.8 Å². The number of carbonyl (C=O) groups excluding carboxylic acids is 1. The van der Waals surface area contributed by atoms with E-state index in [1.54, 1.807) is 11.8 Å². The molecule has 104 valence electrons. The van der Waals surface area contributed by atoms with Gasteiger partial charge in [0.25, 0.3) is 0 Å². The van der Waals surface area contributed by atoms with Crippen molar-refractivity contribution in [3.05, 3.63) is 54.6 Å². The first-order valence-corrected chi connectivity index (χ1v) is 7.60. The summed E-state index contributed by atoms with van der Waals surface area (Å²) in [6.07, 6.45) is 1.31. The molecule has 3 rings (SSSR count). The Labute approximate surface area is 128 Å². The molecule has 3 nitrogen and oxygen atoms in total. The van der Waals surface area contributed by atoms with Gasteiger partial charge in [-0.25, -0.2) is 0 Å². The molecule has 21 heavy (non-hydrogen) atoms. The molecule has 0 atom stereocenters. The molecule has 1 aliphatic carbocycles. The molecule has 0 spiro atoms. The lowest BCUT2D eigenvalue weighted by molar-refractivity contribution is -0.119. The zero-order chi connectivity index (χ0) is 14.7. The summed E-state index contributed by atoms with van der Waals surface area (Å²) in [4.78, 5) is 14.3. The molecule has 1 fully saturated rings. The van der Waals surface area contributed by atoms with Gasteiger partial charge in [-0.05, 0) is 37.1 Å². The maximum atomic E-state index is 12.2. The maximum Gasteiger partial charge on any atom is 0.244 e. The van der Waals surface area contributed by atoms with E-state index in [1.807, 2.05) is 54.6 Å². The van der Waals surface area contributed by atoms with Gasteiger partial charge in [0.15, 0.2) is 0 Å². The topological polar surface area (TPSA) is 52.9 Å². The Hall–Kier alpha value is -2.25. The van der Waals surface area contributed by atoms with Crippen LogP contribution in [0.2, 0.25) is 0 Å². The molecular weight excluding hydrogens is 280 g/mol. The van der Waals surface area contributed by atoms with Crippen LogP contribution in [-0.4, -0.2) is 5.91 Å². The van der Waals surface area contributed by atoms with Gasteiger partial charge in [-0.2, -0.15) is 5.26 Å². The van der Waals surface area contributed by atoms with Crippen molar-refractivity contribution < 1.29 is 4.79 Å². The Bertz CT molecular complexity index is 702. The largest absolute Gasteiger partial charge is 0.324 e. The van der Waals surface area contributed by atoms with Crippen LogP contribution in [0.5, 0.6) is 0 Å². The molecule has 1 saturated carbocycles. The number of nitriles is 1. The lowest BCUT2D eigenvalue weighted by Crippen LogP contribution is -2.22. The second-order valence-corrected chi connectivity index (χ2v) is 6.17. The molecular formula is C17H14N2OS. The van der Waals surface area contributed by atoms with E-state index >= 15 is 0 Å². The lowest BCUT2D eigenvalue weighted by atomic mass is 10.1. The van der Waals surface area contributed by atoms with Crippen LogP contribution in [0.1, 0.15) is 12.8 Å². The Morgan fingerprint density at radius 3 is 2.43 bits per heavy atom. The molecule has 0 heterocycles. The minimum Gasteiger partial charge on any atom is -0.324 e. The van der Waals surface area contributed by atoms with Gasteiger partial charge in [0, 0.05) is 9.79 Å². The van der Waals surface area contributed by atoms with E-state index in [0.717, 1.165) is 15.5 Å². The number of rotatable bonds is 4. The summed E-state index contributed by atoms with van der Waals surface area (Å²) in [5.41, 5.74) is -0.0391. The van der Waals surface area contributed by atoms with Gasteiger partial charge < -0.3 is 5.32 Å². The SMILES string of the molecule is N#CC1(C(=O)Nc2ccccc2Sc2ccccc2)CC1. The predicted octanol–water partition coefficient (Wildman–Crippen LogP) is 4.08. The summed E-state index contributed by atoms with van der Waals surface area (Å²) in [6, 6.07) is 19.8. The van der Waals surface area contributed by atoms with Crippen LogP contribution in [0, 0.1) is 16.7 Å². The van der Waals surface area contributed by atoms with Gasteiger partial charge >= 0.3 is 0 Å². The van der Waals surface area contributed by atoms with Crippen LogP contribution in [0.15, 0.2) is 64.4 Å². The minimum atomic E-state index is -0.801. The van der Waals surface area contributed by atoms with Gasteiger partial charge in [0.1, 0.15) is 5.41 Å². The molecule has 0 radical (unpaired) electrons. The average molecular weight is 294 g/mol. The van der Waals surface area contributed by atoms with Gasteiger partial charge in [-0.1, -0.05) is 42.1 Å². The predicted molar refractivity (Wildman–Crippen MR) is 82.9 cm³/mol. The monoisotopic (exact) mass is 294 g/mol. The van der Waals surface area contributed by atoms with Gasteiger partial charge in [-0.3, -0.25) is 4.79 Å². The molecule has 4 heteroatoms. The molecule has 0 bridgehead atoms. The standard InChI is InChI=1S/C17H14N2OS/c18-12-17(10-11-17)16(20)19-14-8-4-5-9-15(14)21-13-6-2-1-3-7-13/h1-9H,10-11H2,(H,19,20). The Balaban J connectivity index is 1.80. The number of carbonyl (C=O) groups is 1. The van der Waals surface area contributed by atoms with Gasteiger partial charge in [-0.15, -0.1) is 0 Å². The van der Waals surface area contributed by atoms with Crippen LogP contribution in [0.4, 0.5) is 5.69 Å². The number of anilines is 1. The van der Waals surface area contributed by atoms with Crippen LogP contribution < -0.4 is 5.32 Å². The number of nitrogens with zero attached hydrogens (tertiary/aromatic N) is 1. The third kappa shape index (κ3) is 2.93. The van der Waals surface area contributed by atoms with Crippen molar-refractivity contribution >= 4 is 23.4 Å². The number of benzene rings is 2. The number of nitrogens with one attached hydrogen (secondary N) is 1. The molecule has 1 amide bonds. The maximum absolute atomic E-state index is 12.2. The van der Waals surface area contributed by atoms with E-state index in [4.69, 9.17) is 5.26 Å². The number of para-hydroxylation sites is 1. The first kappa shape index (κ1) is 13.7. The number of hydrogen-bond donors (Lipinski definition) is 1. The third-order valence-corrected chi connectivity index (χ3v) is 4.59. The first-order valence-electron chi connectivity index (χ1n) is 6.78. The second kappa shape index (κ2) is 5.63. The van der Waals surface area contributed by atoms with Crippen molar-refractivity contribution in [1.29, 1.82) is 5.26 Å². The number of amides is 1. The summed E-state index contributed by atoms with van der Waals surface area (Å²) in [7, 11) is 0. The van der Waals surface area contributed by atoms with Crippen molar-refractivity contribution in [3.63, 3.8) is 0 Å². The van der Waals surface area contributed by atoms with Crippen molar-refractivity contribution in [2.24, 2.45) is 5.41 Å². The fourth-order valence-corrected chi connectivity index (χ4v) is 2.95. The van der Waals surface area contributed by atoms with E-state index in [-0.39, 0.29) is 5.91 Å². The normalized spacial score (nSPS) is 15.0. The van der Waals surface area contributed by atoms with E-state index in [1.165, 1.54) is 0 Å². The highest BCUT2D eigenvalue weighted by atomic mass is 32.2. The van der Waals surface area contributed by atoms with E-state index in [9.17, 15) is 4.79 Å². The smallest absolute Gasteiger partial charge is 0.244 e. The molecule has 0 unspecified atom stereocenters. The summed E-state index contributed by atoms with van der Waals surface area (Å²) in [5.74, 6) is -0.189. The highest BCUT2D eigenvalue weighted by molar-refractivity contribution is 7.99. The van der Waals surface area contributed by atoms with E-state index < -0.39 is 5.41 Å². The second-order valence-electron chi connectivity index (χ2n) is 5.06. The van der Waals surface area contributed by atoms with Crippen LogP contribution in [0.3, 0.4) is 0 Å². The summed E-state index contributed by atoms with van der Waals surface area (Å²) < 4.78 is 0. The number of hydrogen-bond acceptors (Lipinski definition) is 3. The third-order valence-electron chi connectivity index (χ3n) is 3.50. The Kier molecular flexibility index (Phi) is 3.68. The van der Waals surface area contributed by atoms with E-state index in [2.05, 4.69) is 11.4 Å². The highest BCUT2D eigenvalue weighted by Crippen LogP contribution is 2.46. The lowest BCUT2D eigenvalue weighted by Gasteiger charge is -2.12. The average Bonchev–Trinajstić information content (AvgIpc) is 3.31. The van der Waals surface area contributed by atoms with Crippen LogP contribution in [-0.2, 0) is 4.79 Å². The zero-order valence-corrected chi connectivity index (χ0v) is 12.2. The zero-order valence-electron chi connectivity index (χ0n) is 11.4. The summed E-state index contributed by atoms with van der Waals surface area (Å²) in [5, 5.41) is 12.0. The van der Waals surface area contributed by atoms with Crippen molar-refractivity contribution in [2.75, 3.05) is 5.32 Å². The molecule has 2 aromatic rings. The van der Waals surface area contributed by atoms with Crippen molar-refractivity contribution in [1.82, 2.24) is 0 Å². The molecule has 0 saturated heterocycles. The summed E-state index contributed by atoms with van der Waals surface area (Å²) >= 11 is 1.60. The van der Waals surface area contributed by atoms with Crippen molar-refractivity contribution in [2.45, 2.75) is 22.6 Å². The quantitative estimate of drug-likeness (QED) is 0.924. The van der Waals surface area contributed by atoms with Crippen LogP contribution in [0.25, 0.3) is 0 Å².